The maximum Gasteiger partial charge on any atom is 0.416 e. The number of aryl methyl sites for hydroxylation is 1. The van der Waals surface area contributed by atoms with Gasteiger partial charge in [-0.25, -0.2) is 18.4 Å². The number of amides is 1. The topological polar surface area (TPSA) is 89.0 Å². The Morgan fingerprint density at radius 2 is 1.83 bits per heavy atom. The quantitative estimate of drug-likeness (QED) is 0.612. The Hall–Kier alpha value is -2.79. The van der Waals surface area contributed by atoms with E-state index in [1.165, 1.54) is 24.4 Å². The molecule has 158 valence electrons. The molecular formula is C19H16F3N3O3S2. The van der Waals surface area contributed by atoms with Gasteiger partial charge < -0.3 is 5.32 Å². The summed E-state index contributed by atoms with van der Waals surface area (Å²) >= 11 is 1.02. The molecule has 2 heterocycles. The van der Waals surface area contributed by atoms with E-state index in [2.05, 4.69) is 15.3 Å². The van der Waals surface area contributed by atoms with Gasteiger partial charge in [-0.05, 0) is 31.2 Å². The van der Waals surface area contributed by atoms with Gasteiger partial charge in [-0.2, -0.15) is 13.2 Å². The van der Waals surface area contributed by atoms with E-state index in [9.17, 15) is 26.4 Å². The summed E-state index contributed by atoms with van der Waals surface area (Å²) in [5.41, 5.74) is 0.0828. The number of hydrogen-bond donors (Lipinski definition) is 1. The van der Waals surface area contributed by atoms with Gasteiger partial charge in [0.05, 0.1) is 17.0 Å². The fourth-order valence-electron chi connectivity index (χ4n) is 2.55. The Kier molecular flexibility index (Phi) is 6.22. The van der Waals surface area contributed by atoms with Crippen molar-refractivity contribution in [1.82, 2.24) is 15.3 Å². The van der Waals surface area contributed by atoms with Crippen molar-refractivity contribution in [3.05, 3.63) is 64.8 Å². The van der Waals surface area contributed by atoms with Crippen molar-refractivity contribution < 1.29 is 26.4 Å². The number of carbonyl (C=O) groups is 1. The number of pyridine rings is 1. The third-order valence-electron chi connectivity index (χ3n) is 4.07. The number of rotatable bonds is 6. The molecule has 0 radical (unpaired) electrons. The van der Waals surface area contributed by atoms with Crippen molar-refractivity contribution in [2.24, 2.45) is 0 Å². The first-order valence-corrected chi connectivity index (χ1v) is 11.1. The van der Waals surface area contributed by atoms with Gasteiger partial charge >= 0.3 is 6.18 Å². The summed E-state index contributed by atoms with van der Waals surface area (Å²) in [5.74, 6) is -0.821. The molecule has 0 spiro atoms. The molecule has 2 aromatic heterocycles. The summed E-state index contributed by atoms with van der Waals surface area (Å²) < 4.78 is 62.5. The molecule has 0 saturated heterocycles. The van der Waals surface area contributed by atoms with Gasteiger partial charge in [0, 0.05) is 18.3 Å². The lowest BCUT2D eigenvalue weighted by Crippen LogP contribution is -2.29. The molecule has 3 rings (SSSR count). The van der Waals surface area contributed by atoms with E-state index >= 15 is 0 Å². The van der Waals surface area contributed by atoms with Crippen molar-refractivity contribution in [3.8, 4) is 10.6 Å². The Bertz CT molecular complexity index is 1140. The SMILES string of the molecule is Cc1nc(-c2ccc(C(F)(F)F)cc2)sc1C(=O)NCCS(=O)(=O)c1ccccn1. The molecule has 0 aliphatic carbocycles. The monoisotopic (exact) mass is 455 g/mol. The predicted octanol–water partition coefficient (Wildman–Crippen LogP) is 3.74. The summed E-state index contributed by atoms with van der Waals surface area (Å²) in [6.07, 6.45) is -3.06. The van der Waals surface area contributed by atoms with Crippen LogP contribution in [0, 0.1) is 6.92 Å². The van der Waals surface area contributed by atoms with Crippen LogP contribution in [0.3, 0.4) is 0 Å². The van der Waals surface area contributed by atoms with Gasteiger partial charge in [-0.15, -0.1) is 11.3 Å². The summed E-state index contributed by atoms with van der Waals surface area (Å²) in [7, 11) is -3.63. The van der Waals surface area contributed by atoms with Crippen molar-refractivity contribution in [3.63, 3.8) is 0 Å². The zero-order valence-corrected chi connectivity index (χ0v) is 17.2. The van der Waals surface area contributed by atoms with E-state index in [0.717, 1.165) is 23.5 Å². The maximum absolute atomic E-state index is 12.7. The van der Waals surface area contributed by atoms with Gasteiger partial charge in [-0.3, -0.25) is 4.79 Å². The lowest BCUT2D eigenvalue weighted by atomic mass is 10.1. The van der Waals surface area contributed by atoms with E-state index in [-0.39, 0.29) is 22.2 Å². The molecule has 30 heavy (non-hydrogen) atoms. The average Bonchev–Trinajstić information content (AvgIpc) is 3.10. The van der Waals surface area contributed by atoms with Crippen LogP contribution in [-0.4, -0.2) is 36.6 Å². The fraction of sp³-hybridized carbons (Fsp3) is 0.211. The van der Waals surface area contributed by atoms with Crippen molar-refractivity contribution >= 4 is 27.1 Å². The van der Waals surface area contributed by atoms with Gasteiger partial charge in [-0.1, -0.05) is 18.2 Å². The van der Waals surface area contributed by atoms with E-state index in [1.54, 1.807) is 19.1 Å². The van der Waals surface area contributed by atoms with Gasteiger partial charge in [0.2, 0.25) is 0 Å². The number of benzene rings is 1. The molecule has 0 fully saturated rings. The van der Waals surface area contributed by atoms with Gasteiger partial charge in [0.15, 0.2) is 14.9 Å². The number of halogens is 3. The zero-order valence-electron chi connectivity index (χ0n) is 15.6. The summed E-state index contributed by atoms with van der Waals surface area (Å²) in [6.45, 7) is 1.48. The van der Waals surface area contributed by atoms with Crippen LogP contribution in [-0.2, 0) is 16.0 Å². The van der Waals surface area contributed by atoms with Crippen molar-refractivity contribution in [2.45, 2.75) is 18.1 Å². The maximum atomic E-state index is 12.7. The molecule has 1 N–H and O–H groups in total. The number of sulfone groups is 1. The first-order chi connectivity index (χ1) is 14.1. The van der Waals surface area contributed by atoms with E-state index in [0.29, 0.717) is 16.3 Å². The molecule has 1 amide bonds. The van der Waals surface area contributed by atoms with Crippen LogP contribution in [0.15, 0.2) is 53.7 Å². The third-order valence-corrected chi connectivity index (χ3v) is 6.90. The Morgan fingerprint density at radius 1 is 1.13 bits per heavy atom. The first-order valence-electron chi connectivity index (χ1n) is 8.65. The van der Waals surface area contributed by atoms with Crippen LogP contribution >= 0.6 is 11.3 Å². The molecule has 6 nitrogen and oxygen atoms in total. The van der Waals surface area contributed by atoms with Crippen LogP contribution in [0.25, 0.3) is 10.6 Å². The first kappa shape index (κ1) is 21.9. The zero-order chi connectivity index (χ0) is 21.9. The number of nitrogens with zero attached hydrogens (tertiary/aromatic N) is 2. The number of carbonyl (C=O) groups excluding carboxylic acids is 1. The normalized spacial score (nSPS) is 12.0. The molecule has 0 atom stereocenters. The summed E-state index contributed by atoms with van der Waals surface area (Å²) in [4.78, 5) is 20.7. The minimum atomic E-state index is -4.43. The molecule has 0 aliphatic rings. The minimum absolute atomic E-state index is 0.0715. The number of aromatic nitrogens is 2. The Labute approximate surface area is 174 Å². The van der Waals surface area contributed by atoms with Crippen molar-refractivity contribution in [1.29, 1.82) is 0 Å². The fourth-order valence-corrected chi connectivity index (χ4v) is 4.62. The number of thiazole rings is 1. The molecule has 0 unspecified atom stereocenters. The summed E-state index contributed by atoms with van der Waals surface area (Å²) in [6, 6.07) is 9.03. The molecule has 3 aromatic rings. The second-order valence-corrected chi connectivity index (χ2v) is 9.31. The van der Waals surface area contributed by atoms with E-state index < -0.39 is 27.5 Å². The highest BCUT2D eigenvalue weighted by Gasteiger charge is 2.30. The molecular weight excluding hydrogens is 439 g/mol. The smallest absolute Gasteiger partial charge is 0.350 e. The van der Waals surface area contributed by atoms with E-state index in [4.69, 9.17) is 0 Å². The molecule has 0 aliphatic heterocycles. The average molecular weight is 455 g/mol. The van der Waals surface area contributed by atoms with Crippen LogP contribution in [0.5, 0.6) is 0 Å². The van der Waals surface area contributed by atoms with Crippen LogP contribution in [0.2, 0.25) is 0 Å². The highest BCUT2D eigenvalue weighted by atomic mass is 32.2. The van der Waals surface area contributed by atoms with Crippen LogP contribution in [0.1, 0.15) is 20.9 Å². The second kappa shape index (κ2) is 8.52. The number of alkyl halides is 3. The highest BCUT2D eigenvalue weighted by Crippen LogP contribution is 2.32. The summed E-state index contributed by atoms with van der Waals surface area (Å²) in [5, 5.41) is 2.86. The third kappa shape index (κ3) is 5.03. The van der Waals surface area contributed by atoms with E-state index in [1.807, 2.05) is 0 Å². The van der Waals surface area contributed by atoms with Crippen molar-refractivity contribution in [2.75, 3.05) is 12.3 Å². The number of nitrogens with one attached hydrogen (secondary N) is 1. The Morgan fingerprint density at radius 3 is 2.43 bits per heavy atom. The highest BCUT2D eigenvalue weighted by molar-refractivity contribution is 7.91. The second-order valence-electron chi connectivity index (χ2n) is 6.25. The molecule has 1 aromatic carbocycles. The van der Waals surface area contributed by atoms with Crippen LogP contribution < -0.4 is 5.32 Å². The lowest BCUT2D eigenvalue weighted by Gasteiger charge is -2.06. The van der Waals surface area contributed by atoms with Gasteiger partial charge in [0.25, 0.3) is 5.91 Å². The minimum Gasteiger partial charge on any atom is -0.350 e. The largest absolute Gasteiger partial charge is 0.416 e. The number of hydrogen-bond acceptors (Lipinski definition) is 6. The van der Waals surface area contributed by atoms with Gasteiger partial charge in [0.1, 0.15) is 9.88 Å². The Balaban J connectivity index is 1.67. The predicted molar refractivity (Wildman–Crippen MR) is 106 cm³/mol. The standard InChI is InChI=1S/C19H16F3N3O3S2/c1-12-16(17(26)24-10-11-30(27,28)15-4-2-3-9-23-15)29-18(25-12)13-5-7-14(8-6-13)19(20,21)22/h2-9H,10-11H2,1H3,(H,24,26). The molecule has 0 bridgehead atoms. The molecule has 11 heteroatoms. The molecule has 0 saturated carbocycles. The lowest BCUT2D eigenvalue weighted by molar-refractivity contribution is -0.137. The van der Waals surface area contributed by atoms with Crippen LogP contribution in [0.4, 0.5) is 13.2 Å².